The van der Waals surface area contributed by atoms with E-state index in [1.807, 2.05) is 31.2 Å². The molecule has 3 aromatic carbocycles. The van der Waals surface area contributed by atoms with E-state index in [0.717, 1.165) is 17.5 Å². The highest BCUT2D eigenvalue weighted by Crippen LogP contribution is 2.34. The summed E-state index contributed by atoms with van der Waals surface area (Å²) in [6.45, 7) is 2.54. The van der Waals surface area contributed by atoms with Gasteiger partial charge in [-0.1, -0.05) is 85.0 Å². The van der Waals surface area contributed by atoms with Gasteiger partial charge in [0.2, 0.25) is 0 Å². The van der Waals surface area contributed by atoms with E-state index >= 15 is 0 Å². The van der Waals surface area contributed by atoms with E-state index in [1.54, 1.807) is 0 Å². The van der Waals surface area contributed by atoms with E-state index in [9.17, 15) is 4.79 Å². The number of carbonyl (C=O) groups excluding carboxylic acids is 1. The molecular weight excluding hydrogens is 330 g/mol. The molecule has 0 aromatic heterocycles. The maximum absolute atomic E-state index is 12.7. The Hall–Kier alpha value is -3.13. The summed E-state index contributed by atoms with van der Waals surface area (Å²) in [5.41, 5.74) is 2.74. The quantitative estimate of drug-likeness (QED) is 0.675. The van der Waals surface area contributed by atoms with Gasteiger partial charge in [0.1, 0.15) is 0 Å². The van der Waals surface area contributed by atoms with Crippen molar-refractivity contribution in [1.29, 1.82) is 0 Å². The molecule has 1 aliphatic carbocycles. The zero-order valence-corrected chi connectivity index (χ0v) is 15.5. The van der Waals surface area contributed by atoms with Gasteiger partial charge >= 0.3 is 0 Å². The molecule has 1 amide bonds. The van der Waals surface area contributed by atoms with E-state index in [1.165, 1.54) is 16.3 Å². The molecule has 134 valence electrons. The molecule has 0 fully saturated rings. The minimum absolute atomic E-state index is 0.0174. The number of rotatable bonds is 4. The summed E-state index contributed by atoms with van der Waals surface area (Å²) in [6, 6.07) is 22.7. The second-order valence-electron chi connectivity index (χ2n) is 7.21. The second kappa shape index (κ2) is 7.24. The fraction of sp³-hybridized carbons (Fsp3) is 0.160. The van der Waals surface area contributed by atoms with Crippen LogP contribution in [0.25, 0.3) is 10.8 Å². The molecule has 2 heteroatoms. The minimum atomic E-state index is -0.225. The highest BCUT2D eigenvalue weighted by atomic mass is 16.1. The predicted molar refractivity (Wildman–Crippen MR) is 112 cm³/mol. The van der Waals surface area contributed by atoms with E-state index in [4.69, 9.17) is 0 Å². The summed E-state index contributed by atoms with van der Waals surface area (Å²) in [5.74, 6) is -0.0174. The number of aryl methyl sites for hydroxylation is 1. The molecule has 2 nitrogen and oxygen atoms in total. The first-order chi connectivity index (χ1) is 13.2. The molecule has 0 bridgehead atoms. The average Bonchev–Trinajstić information content (AvgIpc) is 2.73. The number of hydrogen-bond donors (Lipinski definition) is 1. The van der Waals surface area contributed by atoms with Crippen molar-refractivity contribution in [2.75, 3.05) is 6.54 Å². The maximum atomic E-state index is 12.7. The van der Waals surface area contributed by atoms with Crippen molar-refractivity contribution in [3.05, 3.63) is 108 Å². The lowest BCUT2D eigenvalue weighted by Crippen LogP contribution is -2.40. The van der Waals surface area contributed by atoms with Gasteiger partial charge in [-0.3, -0.25) is 4.79 Å². The van der Waals surface area contributed by atoms with Crippen LogP contribution >= 0.6 is 0 Å². The molecule has 0 saturated heterocycles. The molecule has 0 radical (unpaired) electrons. The molecule has 1 aliphatic rings. The van der Waals surface area contributed by atoms with Gasteiger partial charge in [0.15, 0.2) is 0 Å². The van der Waals surface area contributed by atoms with Gasteiger partial charge in [0.05, 0.1) is 0 Å². The number of benzene rings is 3. The summed E-state index contributed by atoms with van der Waals surface area (Å²) in [4.78, 5) is 12.7. The topological polar surface area (TPSA) is 29.1 Å². The van der Waals surface area contributed by atoms with Gasteiger partial charge in [-0.2, -0.15) is 0 Å². The number of fused-ring (bicyclic) bond motifs is 1. The molecule has 4 rings (SSSR count). The molecular formula is C25H23NO. The molecule has 0 aliphatic heterocycles. The van der Waals surface area contributed by atoms with Crippen LogP contribution in [0.1, 0.15) is 27.9 Å². The molecule has 0 spiro atoms. The number of amides is 1. The lowest BCUT2D eigenvalue weighted by molar-refractivity contribution is 0.0946. The van der Waals surface area contributed by atoms with Crippen LogP contribution in [0.15, 0.2) is 91.0 Å². The molecule has 1 N–H and O–H groups in total. The summed E-state index contributed by atoms with van der Waals surface area (Å²) < 4.78 is 0. The summed E-state index contributed by atoms with van der Waals surface area (Å²) in [5, 5.41) is 5.63. The Morgan fingerprint density at radius 2 is 1.74 bits per heavy atom. The smallest absolute Gasteiger partial charge is 0.251 e. The molecule has 27 heavy (non-hydrogen) atoms. The first-order valence-electron chi connectivity index (χ1n) is 9.35. The van der Waals surface area contributed by atoms with Crippen molar-refractivity contribution >= 4 is 16.7 Å². The van der Waals surface area contributed by atoms with Gasteiger partial charge in [0, 0.05) is 17.5 Å². The van der Waals surface area contributed by atoms with Crippen LogP contribution in [0.2, 0.25) is 0 Å². The van der Waals surface area contributed by atoms with Crippen molar-refractivity contribution in [2.45, 2.75) is 18.8 Å². The van der Waals surface area contributed by atoms with E-state index in [2.05, 4.69) is 72.1 Å². The minimum Gasteiger partial charge on any atom is -0.351 e. The van der Waals surface area contributed by atoms with Crippen LogP contribution in [0, 0.1) is 6.92 Å². The number of carbonyl (C=O) groups is 1. The highest BCUT2D eigenvalue weighted by Gasteiger charge is 2.30. The molecule has 3 aromatic rings. The highest BCUT2D eigenvalue weighted by molar-refractivity contribution is 5.95. The molecule has 1 atom stereocenters. The lowest BCUT2D eigenvalue weighted by Gasteiger charge is -2.32. The Kier molecular flexibility index (Phi) is 4.64. The summed E-state index contributed by atoms with van der Waals surface area (Å²) in [6.07, 6.45) is 9.42. The van der Waals surface area contributed by atoms with Crippen LogP contribution < -0.4 is 5.32 Å². The Morgan fingerprint density at radius 1 is 0.963 bits per heavy atom. The first kappa shape index (κ1) is 17.3. The summed E-state index contributed by atoms with van der Waals surface area (Å²) in [7, 11) is 0. The van der Waals surface area contributed by atoms with Crippen molar-refractivity contribution in [3.8, 4) is 0 Å². The Balaban J connectivity index is 1.64. The monoisotopic (exact) mass is 353 g/mol. The third-order valence-electron chi connectivity index (χ3n) is 5.42. The first-order valence-corrected chi connectivity index (χ1v) is 9.35. The Bertz CT molecular complexity index is 1050. The zero-order valence-electron chi connectivity index (χ0n) is 15.5. The van der Waals surface area contributed by atoms with Gasteiger partial charge in [-0.15, -0.1) is 0 Å². The van der Waals surface area contributed by atoms with Crippen molar-refractivity contribution in [3.63, 3.8) is 0 Å². The average molecular weight is 353 g/mol. The lowest BCUT2D eigenvalue weighted by atomic mass is 9.75. The third kappa shape index (κ3) is 3.43. The van der Waals surface area contributed by atoms with E-state index in [-0.39, 0.29) is 11.3 Å². The SMILES string of the molecule is Cc1ccccc1C(=O)NCC1(c2ccc3ccccc3c2)C=CC=CC1. The number of nitrogens with one attached hydrogen (secondary N) is 1. The van der Waals surface area contributed by atoms with E-state index in [0.29, 0.717) is 6.54 Å². The van der Waals surface area contributed by atoms with Gasteiger partial charge in [-0.05, 0) is 41.3 Å². The van der Waals surface area contributed by atoms with Crippen LogP contribution in [0.5, 0.6) is 0 Å². The number of hydrogen-bond acceptors (Lipinski definition) is 1. The van der Waals surface area contributed by atoms with Crippen molar-refractivity contribution in [1.82, 2.24) is 5.32 Å². The predicted octanol–water partition coefficient (Wildman–Crippen LogP) is 5.33. The Morgan fingerprint density at radius 3 is 2.52 bits per heavy atom. The normalized spacial score (nSPS) is 18.6. The van der Waals surface area contributed by atoms with Crippen LogP contribution in [-0.4, -0.2) is 12.5 Å². The molecule has 0 saturated carbocycles. The Labute approximate surface area is 160 Å². The van der Waals surface area contributed by atoms with Crippen LogP contribution in [0.4, 0.5) is 0 Å². The molecule has 1 unspecified atom stereocenters. The third-order valence-corrected chi connectivity index (χ3v) is 5.42. The standard InChI is InChI=1S/C25H23NO/c1-19-9-3-6-12-23(19)24(27)26-18-25(15-7-2-8-16-25)22-14-13-20-10-4-5-11-21(20)17-22/h2-15,17H,16,18H2,1H3,(H,26,27). The van der Waals surface area contributed by atoms with E-state index < -0.39 is 0 Å². The summed E-state index contributed by atoms with van der Waals surface area (Å²) >= 11 is 0. The zero-order chi connectivity index (χ0) is 18.7. The fourth-order valence-electron chi connectivity index (χ4n) is 3.77. The van der Waals surface area contributed by atoms with Gasteiger partial charge < -0.3 is 5.32 Å². The second-order valence-corrected chi connectivity index (χ2v) is 7.21. The van der Waals surface area contributed by atoms with Crippen LogP contribution in [-0.2, 0) is 5.41 Å². The fourth-order valence-corrected chi connectivity index (χ4v) is 3.77. The van der Waals surface area contributed by atoms with Crippen molar-refractivity contribution in [2.24, 2.45) is 0 Å². The van der Waals surface area contributed by atoms with Gasteiger partial charge in [-0.25, -0.2) is 0 Å². The van der Waals surface area contributed by atoms with Crippen molar-refractivity contribution < 1.29 is 4.79 Å². The van der Waals surface area contributed by atoms with Gasteiger partial charge in [0.25, 0.3) is 5.91 Å². The largest absolute Gasteiger partial charge is 0.351 e. The number of allylic oxidation sites excluding steroid dienone is 3. The van der Waals surface area contributed by atoms with Crippen LogP contribution in [0.3, 0.4) is 0 Å². The maximum Gasteiger partial charge on any atom is 0.251 e. The molecule has 0 heterocycles.